The van der Waals surface area contributed by atoms with Gasteiger partial charge in [-0.3, -0.25) is 9.59 Å². The van der Waals surface area contributed by atoms with Crippen molar-refractivity contribution in [3.8, 4) is 0 Å². The zero-order valence-corrected chi connectivity index (χ0v) is 28.4. The standard InChI is InChI=1S/2C13H19N3OS2.Au/c2*1-10(17)16(9-8-14-13(19)15(2)3)11-6-4-5-7-12(11)18;/h2*4-7,18H,8-9H2,1-3H3,(H,14,19);/p-2. The second kappa shape index (κ2) is 19.1. The van der Waals surface area contributed by atoms with Crippen LogP contribution < -0.4 is 20.4 Å². The Morgan fingerprint density at radius 2 is 1.00 bits per heavy atom. The first-order valence-corrected chi connectivity index (χ1v) is 13.5. The van der Waals surface area contributed by atoms with Gasteiger partial charge < -0.3 is 55.5 Å². The summed E-state index contributed by atoms with van der Waals surface area (Å²) in [5.74, 6) is -0.0651. The normalized spacial score (nSPS) is 9.59. The molecule has 2 aromatic carbocycles. The first-order valence-electron chi connectivity index (χ1n) is 11.8. The molecule has 2 rings (SSSR count). The summed E-state index contributed by atoms with van der Waals surface area (Å²) in [7, 11) is 7.49. The summed E-state index contributed by atoms with van der Waals surface area (Å²) < 4.78 is 0. The molecule has 0 fully saturated rings. The van der Waals surface area contributed by atoms with Gasteiger partial charge >= 0.3 is 0 Å². The van der Waals surface area contributed by atoms with Crippen LogP contribution in [0.4, 0.5) is 11.4 Å². The van der Waals surface area contributed by atoms with Crippen LogP contribution in [0.5, 0.6) is 0 Å². The van der Waals surface area contributed by atoms with Crippen molar-refractivity contribution >= 4 is 83.1 Å². The number of para-hydroxylation sites is 2. The van der Waals surface area contributed by atoms with Gasteiger partial charge in [0.25, 0.3) is 0 Å². The molecule has 13 heteroatoms. The maximum absolute atomic E-state index is 11.7. The largest absolute Gasteiger partial charge is 0.778 e. The molecule has 2 N–H and O–H groups in total. The van der Waals surface area contributed by atoms with Gasteiger partial charge in [0, 0.05) is 102 Å². The molecular weight excluding hydrogens is 754 g/mol. The van der Waals surface area contributed by atoms with Crippen LogP contribution in [0.25, 0.3) is 0 Å². The maximum Gasteiger partial charge on any atom is 0.223 e. The molecule has 0 saturated heterocycles. The number of hydrogen-bond acceptors (Lipinski definition) is 6. The molecule has 219 valence electrons. The predicted octanol–water partition coefficient (Wildman–Crippen LogP) is 2.76. The molecule has 0 unspecified atom stereocenters. The average Bonchev–Trinajstić information content (AvgIpc) is 2.85. The van der Waals surface area contributed by atoms with E-state index in [-0.39, 0.29) is 34.2 Å². The molecule has 0 saturated carbocycles. The monoisotopic (exact) mass is 789 g/mol. The van der Waals surface area contributed by atoms with Crippen molar-refractivity contribution in [3.63, 3.8) is 0 Å². The minimum atomic E-state index is -0.0325. The van der Waals surface area contributed by atoms with E-state index >= 15 is 0 Å². The number of benzene rings is 2. The van der Waals surface area contributed by atoms with Crippen molar-refractivity contribution in [2.24, 2.45) is 0 Å². The number of carbonyl (C=O) groups is 2. The van der Waals surface area contributed by atoms with Crippen molar-refractivity contribution in [3.05, 3.63) is 48.5 Å². The number of anilines is 2. The SMILES string of the molecule is CC(=O)N(CCNC(=S)N(C)C)c1ccccc1[S-].CC(=O)N(CCNC(=S)N(C)C)c1ccccc1[S-].[Au]. The Kier molecular flexibility index (Phi) is 18.1. The molecule has 0 aliphatic heterocycles. The van der Waals surface area contributed by atoms with Gasteiger partial charge in [0.1, 0.15) is 0 Å². The number of rotatable bonds is 8. The molecular formula is C26H36AuN6O2S4-2. The third kappa shape index (κ3) is 13.2. The molecule has 0 aromatic heterocycles. The smallest absolute Gasteiger partial charge is 0.223 e. The van der Waals surface area contributed by atoms with E-state index in [9.17, 15) is 9.59 Å². The van der Waals surface area contributed by atoms with Gasteiger partial charge in [-0.15, -0.1) is 0 Å². The summed E-state index contributed by atoms with van der Waals surface area (Å²) in [4.78, 5) is 31.7. The Bertz CT molecular complexity index is 1020. The van der Waals surface area contributed by atoms with Crippen LogP contribution in [-0.4, -0.2) is 86.2 Å². The number of hydrogen-bond donors (Lipinski definition) is 2. The van der Waals surface area contributed by atoms with Crippen molar-refractivity contribution in [1.82, 2.24) is 20.4 Å². The van der Waals surface area contributed by atoms with Crippen molar-refractivity contribution in [2.75, 3.05) is 64.2 Å². The third-order valence-electron chi connectivity index (χ3n) is 5.11. The number of nitrogens with one attached hydrogen (secondary N) is 2. The quantitative estimate of drug-likeness (QED) is 0.237. The molecule has 2 amide bonds. The first-order chi connectivity index (χ1) is 17.9. The van der Waals surface area contributed by atoms with E-state index in [1.165, 1.54) is 13.8 Å². The summed E-state index contributed by atoms with van der Waals surface area (Å²) in [6.45, 7) is 5.28. The molecule has 0 aliphatic carbocycles. The van der Waals surface area contributed by atoms with E-state index in [0.717, 1.165) is 11.4 Å². The van der Waals surface area contributed by atoms with Crippen molar-refractivity contribution in [1.29, 1.82) is 0 Å². The van der Waals surface area contributed by atoms with Crippen LogP contribution in [-0.2, 0) is 57.2 Å². The van der Waals surface area contributed by atoms with Crippen molar-refractivity contribution < 1.29 is 32.0 Å². The second-order valence-electron chi connectivity index (χ2n) is 8.53. The van der Waals surface area contributed by atoms with E-state index in [1.807, 2.05) is 86.5 Å². The van der Waals surface area contributed by atoms with E-state index in [1.54, 1.807) is 9.80 Å². The zero-order valence-electron chi connectivity index (χ0n) is 23.0. The van der Waals surface area contributed by atoms with E-state index < -0.39 is 0 Å². The van der Waals surface area contributed by atoms with Crippen LogP contribution in [0.15, 0.2) is 58.3 Å². The Morgan fingerprint density at radius 3 is 1.26 bits per heavy atom. The molecule has 0 spiro atoms. The number of thiocarbonyl (C=S) groups is 2. The summed E-state index contributed by atoms with van der Waals surface area (Å²) >= 11 is 20.7. The van der Waals surface area contributed by atoms with Crippen LogP contribution in [0.3, 0.4) is 0 Å². The van der Waals surface area contributed by atoms with Gasteiger partial charge in [0.2, 0.25) is 11.8 Å². The van der Waals surface area contributed by atoms with Gasteiger partial charge in [-0.2, -0.15) is 9.79 Å². The average molecular weight is 790 g/mol. The second-order valence-corrected chi connectivity index (χ2v) is 10.2. The molecule has 2 aromatic rings. The predicted molar refractivity (Wildman–Crippen MR) is 169 cm³/mol. The summed E-state index contributed by atoms with van der Waals surface area (Å²) in [5.41, 5.74) is 1.53. The fourth-order valence-electron chi connectivity index (χ4n) is 3.12. The Labute approximate surface area is 270 Å². The molecule has 0 heterocycles. The van der Waals surface area contributed by atoms with Crippen molar-refractivity contribution in [2.45, 2.75) is 23.6 Å². The van der Waals surface area contributed by atoms with Gasteiger partial charge in [0.05, 0.1) is 0 Å². The fraction of sp³-hybridized carbons (Fsp3) is 0.385. The van der Waals surface area contributed by atoms with E-state index in [2.05, 4.69) is 10.6 Å². The van der Waals surface area contributed by atoms with Crippen LogP contribution in [0, 0.1) is 0 Å². The fourth-order valence-corrected chi connectivity index (χ4v) is 3.84. The Balaban J connectivity index is 0.000000722. The van der Waals surface area contributed by atoms with E-state index in [4.69, 9.17) is 49.7 Å². The molecule has 0 aliphatic rings. The first kappa shape index (κ1) is 36.9. The number of amides is 2. The zero-order chi connectivity index (χ0) is 28.8. The van der Waals surface area contributed by atoms with Crippen LogP contribution in [0.2, 0.25) is 0 Å². The molecule has 0 bridgehead atoms. The Hall–Kier alpha value is -2.06. The number of nitrogens with zero attached hydrogens (tertiary/aromatic N) is 4. The Morgan fingerprint density at radius 1 is 0.692 bits per heavy atom. The molecule has 0 atom stereocenters. The summed E-state index contributed by atoms with van der Waals surface area (Å²) in [5, 5.41) is 7.47. The minimum Gasteiger partial charge on any atom is -0.778 e. The van der Waals surface area contributed by atoms with Gasteiger partial charge in [-0.1, -0.05) is 36.4 Å². The number of carbonyl (C=O) groups excluding carboxylic acids is 2. The summed E-state index contributed by atoms with van der Waals surface area (Å²) in [6, 6.07) is 14.8. The van der Waals surface area contributed by atoms with Gasteiger partial charge in [-0.05, 0) is 36.6 Å². The topological polar surface area (TPSA) is 71.2 Å². The summed E-state index contributed by atoms with van der Waals surface area (Å²) in [6.07, 6.45) is 0. The minimum absolute atomic E-state index is 0. The van der Waals surface area contributed by atoms with E-state index in [0.29, 0.717) is 46.2 Å². The third-order valence-corrected chi connectivity index (χ3v) is 6.82. The molecule has 1 radical (unpaired) electrons. The maximum atomic E-state index is 11.7. The van der Waals surface area contributed by atoms with Gasteiger partial charge in [0.15, 0.2) is 10.2 Å². The van der Waals surface area contributed by atoms with Crippen LogP contribution >= 0.6 is 24.4 Å². The molecule has 8 nitrogen and oxygen atoms in total. The molecule has 39 heavy (non-hydrogen) atoms. The van der Waals surface area contributed by atoms with Crippen LogP contribution in [0.1, 0.15) is 13.8 Å². The van der Waals surface area contributed by atoms with Gasteiger partial charge in [-0.25, -0.2) is 0 Å².